The fraction of sp³-hybridized carbons (Fsp3) is 0.462. The SMILES string of the molecule is C[C@H]1CN(C(=O)O)c2cc(-c3cccc(S(=O)(=O)N(C)C)c3)ccc2N1C(=O)CC1CCCCC1. The topological polar surface area (TPSA) is 98.2 Å². The average molecular weight is 500 g/mol. The van der Waals surface area contributed by atoms with Crippen LogP contribution in [0.5, 0.6) is 0 Å². The molecule has 0 spiro atoms. The van der Waals surface area contributed by atoms with Crippen LogP contribution in [-0.2, 0) is 14.8 Å². The second-order valence-electron chi connectivity index (χ2n) is 9.73. The molecule has 1 saturated carbocycles. The maximum Gasteiger partial charge on any atom is 0.411 e. The smallest absolute Gasteiger partial charge is 0.411 e. The number of nitrogens with zero attached hydrogens (tertiary/aromatic N) is 3. The zero-order valence-corrected chi connectivity index (χ0v) is 21.3. The zero-order chi connectivity index (χ0) is 25.3. The number of carboxylic acid groups (broad SMARTS) is 1. The van der Waals surface area contributed by atoms with Gasteiger partial charge < -0.3 is 10.0 Å². The number of rotatable bonds is 5. The molecule has 35 heavy (non-hydrogen) atoms. The summed E-state index contributed by atoms with van der Waals surface area (Å²) in [5.41, 5.74) is 2.35. The molecular formula is C26H33N3O5S. The van der Waals surface area contributed by atoms with Gasteiger partial charge in [-0.15, -0.1) is 0 Å². The van der Waals surface area contributed by atoms with Crippen LogP contribution in [0, 0.1) is 5.92 Å². The molecule has 2 amide bonds. The Kier molecular flexibility index (Phi) is 7.19. The van der Waals surface area contributed by atoms with E-state index in [0.717, 1.165) is 30.0 Å². The summed E-state index contributed by atoms with van der Waals surface area (Å²) in [6.45, 7) is 2.05. The second kappa shape index (κ2) is 9.99. The van der Waals surface area contributed by atoms with Crippen LogP contribution < -0.4 is 9.80 Å². The van der Waals surface area contributed by atoms with E-state index in [4.69, 9.17) is 0 Å². The minimum Gasteiger partial charge on any atom is -0.465 e. The van der Waals surface area contributed by atoms with Gasteiger partial charge in [0.1, 0.15) is 0 Å². The highest BCUT2D eigenvalue weighted by Crippen LogP contribution is 2.40. The summed E-state index contributed by atoms with van der Waals surface area (Å²) in [4.78, 5) is 28.7. The summed E-state index contributed by atoms with van der Waals surface area (Å²) < 4.78 is 26.4. The Balaban J connectivity index is 1.72. The number of hydrogen-bond donors (Lipinski definition) is 1. The van der Waals surface area contributed by atoms with Gasteiger partial charge in [0.15, 0.2) is 0 Å². The van der Waals surface area contributed by atoms with E-state index < -0.39 is 16.1 Å². The average Bonchev–Trinajstić information content (AvgIpc) is 2.83. The third-order valence-corrected chi connectivity index (χ3v) is 8.86. The van der Waals surface area contributed by atoms with Crippen molar-refractivity contribution < 1.29 is 23.1 Å². The number of fused-ring (bicyclic) bond motifs is 1. The molecule has 1 aliphatic heterocycles. The van der Waals surface area contributed by atoms with E-state index in [1.165, 1.54) is 31.5 Å². The maximum absolute atomic E-state index is 13.4. The standard InChI is InChI=1S/C26H33N3O5S/c1-18-17-28(26(31)32)24-16-21(20-10-7-11-22(15-20)35(33,34)27(2)3)12-13-23(24)29(18)25(30)14-19-8-5-4-6-9-19/h7,10-13,15-16,18-19H,4-6,8-9,14,17H2,1-3H3,(H,31,32)/t18-/m0/s1. The molecule has 2 aromatic rings. The van der Waals surface area contributed by atoms with Crippen molar-refractivity contribution in [2.45, 2.75) is 56.4 Å². The summed E-state index contributed by atoms with van der Waals surface area (Å²) in [6, 6.07) is 11.6. The molecule has 0 bridgehead atoms. The number of carbonyl (C=O) groups is 2. The van der Waals surface area contributed by atoms with Crippen molar-refractivity contribution in [3.8, 4) is 11.1 Å². The first-order chi connectivity index (χ1) is 16.6. The van der Waals surface area contributed by atoms with Crippen LogP contribution in [0.1, 0.15) is 45.4 Å². The van der Waals surface area contributed by atoms with Gasteiger partial charge in [-0.3, -0.25) is 9.69 Å². The summed E-state index contributed by atoms with van der Waals surface area (Å²) in [5.74, 6) is 0.410. The van der Waals surface area contributed by atoms with Crippen molar-refractivity contribution in [3.05, 3.63) is 42.5 Å². The van der Waals surface area contributed by atoms with Crippen molar-refractivity contribution in [2.24, 2.45) is 5.92 Å². The fourth-order valence-corrected chi connectivity index (χ4v) is 6.10. The molecule has 0 radical (unpaired) electrons. The third-order valence-electron chi connectivity index (χ3n) is 7.05. The highest BCUT2D eigenvalue weighted by molar-refractivity contribution is 7.89. The summed E-state index contributed by atoms with van der Waals surface area (Å²) in [5, 5.41) is 9.90. The number of carbonyl (C=O) groups excluding carboxylic acids is 1. The molecule has 1 fully saturated rings. The largest absolute Gasteiger partial charge is 0.465 e. The Labute approximate surface area is 207 Å². The van der Waals surface area contributed by atoms with Crippen LogP contribution in [0.2, 0.25) is 0 Å². The van der Waals surface area contributed by atoms with Crippen molar-refractivity contribution in [1.29, 1.82) is 0 Å². The minimum absolute atomic E-state index is 0.0301. The molecule has 8 nitrogen and oxygen atoms in total. The predicted molar refractivity (Wildman–Crippen MR) is 136 cm³/mol. The van der Waals surface area contributed by atoms with Gasteiger partial charge in [-0.25, -0.2) is 17.5 Å². The number of benzene rings is 2. The summed E-state index contributed by atoms with van der Waals surface area (Å²) in [7, 11) is -0.659. The molecule has 1 atom stereocenters. The highest BCUT2D eigenvalue weighted by Gasteiger charge is 2.36. The van der Waals surface area contributed by atoms with E-state index in [-0.39, 0.29) is 23.4 Å². The molecule has 2 aromatic carbocycles. The van der Waals surface area contributed by atoms with Crippen molar-refractivity contribution in [3.63, 3.8) is 0 Å². The minimum atomic E-state index is -3.61. The Morgan fingerprint density at radius 2 is 1.69 bits per heavy atom. The molecule has 0 aromatic heterocycles. The predicted octanol–water partition coefficient (Wildman–Crippen LogP) is 4.79. The van der Waals surface area contributed by atoms with E-state index in [9.17, 15) is 23.1 Å². The van der Waals surface area contributed by atoms with Gasteiger partial charge in [-0.05, 0) is 61.1 Å². The molecule has 9 heteroatoms. The van der Waals surface area contributed by atoms with Crippen molar-refractivity contribution in [2.75, 3.05) is 30.4 Å². The van der Waals surface area contributed by atoms with Crippen LogP contribution >= 0.6 is 0 Å². The third kappa shape index (κ3) is 5.06. The number of sulfonamides is 1. The van der Waals surface area contributed by atoms with Gasteiger partial charge in [0, 0.05) is 27.1 Å². The lowest BCUT2D eigenvalue weighted by atomic mass is 9.86. The van der Waals surface area contributed by atoms with Gasteiger partial charge >= 0.3 is 6.09 Å². The molecule has 0 unspecified atom stereocenters. The van der Waals surface area contributed by atoms with E-state index in [0.29, 0.717) is 34.8 Å². The van der Waals surface area contributed by atoms with E-state index in [1.54, 1.807) is 35.2 Å². The molecule has 188 valence electrons. The molecule has 4 rings (SSSR count). The van der Waals surface area contributed by atoms with Gasteiger partial charge in [-0.2, -0.15) is 0 Å². The van der Waals surface area contributed by atoms with Crippen LogP contribution in [0.4, 0.5) is 16.2 Å². The van der Waals surface area contributed by atoms with Gasteiger partial charge in [-0.1, -0.05) is 37.5 Å². The summed E-state index contributed by atoms with van der Waals surface area (Å²) in [6.07, 6.45) is 5.05. The first-order valence-corrected chi connectivity index (χ1v) is 13.5. The Bertz CT molecular complexity index is 1220. The molecule has 1 heterocycles. The Morgan fingerprint density at radius 3 is 2.34 bits per heavy atom. The van der Waals surface area contributed by atoms with E-state index >= 15 is 0 Å². The molecule has 1 N–H and O–H groups in total. The van der Waals surface area contributed by atoms with Crippen molar-refractivity contribution in [1.82, 2.24) is 4.31 Å². The van der Waals surface area contributed by atoms with Gasteiger partial charge in [0.25, 0.3) is 0 Å². The van der Waals surface area contributed by atoms with E-state index in [2.05, 4.69) is 0 Å². The zero-order valence-electron chi connectivity index (χ0n) is 20.5. The van der Waals surface area contributed by atoms with Crippen molar-refractivity contribution >= 4 is 33.4 Å². The normalized spacial score (nSPS) is 19.0. The summed E-state index contributed by atoms with van der Waals surface area (Å²) >= 11 is 0. The molecule has 2 aliphatic rings. The molecule has 1 aliphatic carbocycles. The first kappa shape index (κ1) is 25.2. The number of amides is 2. The Hall–Kier alpha value is -2.91. The van der Waals surface area contributed by atoms with Gasteiger partial charge in [0.2, 0.25) is 15.9 Å². The number of anilines is 2. The van der Waals surface area contributed by atoms with E-state index in [1.807, 2.05) is 13.0 Å². The highest BCUT2D eigenvalue weighted by atomic mass is 32.2. The molecular weight excluding hydrogens is 466 g/mol. The first-order valence-electron chi connectivity index (χ1n) is 12.1. The van der Waals surface area contributed by atoms with Crippen LogP contribution in [0.3, 0.4) is 0 Å². The molecule has 0 saturated heterocycles. The van der Waals surface area contributed by atoms with Gasteiger partial charge in [0.05, 0.1) is 22.3 Å². The fourth-order valence-electron chi connectivity index (χ4n) is 5.15. The van der Waals surface area contributed by atoms with Crippen LogP contribution in [0.15, 0.2) is 47.4 Å². The van der Waals surface area contributed by atoms with Crippen LogP contribution in [-0.4, -0.2) is 56.5 Å². The Morgan fingerprint density at radius 1 is 1.00 bits per heavy atom. The lowest BCUT2D eigenvalue weighted by molar-refractivity contribution is -0.120. The second-order valence-corrected chi connectivity index (χ2v) is 11.9. The lowest BCUT2D eigenvalue weighted by Gasteiger charge is -2.41. The number of hydrogen-bond acceptors (Lipinski definition) is 4. The maximum atomic E-state index is 13.4. The quantitative estimate of drug-likeness (QED) is 0.638. The lowest BCUT2D eigenvalue weighted by Crippen LogP contribution is -2.52. The monoisotopic (exact) mass is 499 g/mol. The van der Waals surface area contributed by atoms with Crippen LogP contribution in [0.25, 0.3) is 11.1 Å².